The molecule has 1 fully saturated rings. The lowest BCUT2D eigenvalue weighted by atomic mass is 9.95. The minimum absolute atomic E-state index is 0.00251. The van der Waals surface area contributed by atoms with E-state index in [4.69, 9.17) is 0 Å². The maximum Gasteiger partial charge on any atom is 0.235 e. The van der Waals surface area contributed by atoms with Crippen molar-refractivity contribution in [2.24, 2.45) is 0 Å². The molecular weight excluding hydrogens is 370 g/mol. The molecule has 0 radical (unpaired) electrons. The maximum atomic E-state index is 12.2. The molecule has 19 heavy (non-hydrogen) atoms. The van der Waals surface area contributed by atoms with Crippen molar-refractivity contribution < 1.29 is 4.79 Å². The van der Waals surface area contributed by atoms with Crippen LogP contribution in [0.5, 0.6) is 0 Å². The number of carbonyl (C=O) groups is 1. The van der Waals surface area contributed by atoms with Crippen molar-refractivity contribution in [1.82, 2.24) is 5.32 Å². The van der Waals surface area contributed by atoms with Crippen molar-refractivity contribution in [2.75, 3.05) is 0 Å². The highest BCUT2D eigenvalue weighted by Gasteiger charge is 2.27. The van der Waals surface area contributed by atoms with Gasteiger partial charge >= 0.3 is 0 Å². The van der Waals surface area contributed by atoms with E-state index in [2.05, 4.69) is 37.2 Å². The smallest absolute Gasteiger partial charge is 0.235 e. The largest absolute Gasteiger partial charge is 0.352 e. The van der Waals surface area contributed by atoms with Crippen molar-refractivity contribution in [3.8, 4) is 0 Å². The molecule has 2 nitrogen and oxygen atoms in total. The van der Waals surface area contributed by atoms with Gasteiger partial charge in [-0.05, 0) is 18.4 Å². The van der Waals surface area contributed by atoms with Crippen LogP contribution in [-0.4, -0.2) is 16.8 Å². The predicted molar refractivity (Wildman–Crippen MR) is 85.8 cm³/mol. The first-order valence-corrected chi connectivity index (χ1v) is 8.65. The second-order valence-corrected chi connectivity index (χ2v) is 7.03. The molecule has 2 unspecified atom stereocenters. The summed E-state index contributed by atoms with van der Waals surface area (Å²) in [5.74, 6) is 0.0811. The molecule has 2 atom stereocenters. The lowest BCUT2D eigenvalue weighted by Crippen LogP contribution is -2.41. The SMILES string of the molecule is O=C(NC1CCCCC1)C(Br)C(Br)c1ccccc1. The highest BCUT2D eigenvalue weighted by molar-refractivity contribution is 9.12. The minimum Gasteiger partial charge on any atom is -0.352 e. The molecule has 1 aromatic carbocycles. The number of alkyl halides is 2. The Morgan fingerprint density at radius 2 is 1.74 bits per heavy atom. The van der Waals surface area contributed by atoms with Gasteiger partial charge in [0, 0.05) is 6.04 Å². The lowest BCUT2D eigenvalue weighted by Gasteiger charge is -2.25. The molecule has 0 bridgehead atoms. The van der Waals surface area contributed by atoms with Crippen LogP contribution in [0.1, 0.15) is 42.5 Å². The van der Waals surface area contributed by atoms with Gasteiger partial charge in [-0.15, -0.1) is 0 Å². The van der Waals surface area contributed by atoms with E-state index in [1.807, 2.05) is 30.3 Å². The highest BCUT2D eigenvalue weighted by Crippen LogP contribution is 2.31. The van der Waals surface area contributed by atoms with E-state index >= 15 is 0 Å². The monoisotopic (exact) mass is 387 g/mol. The van der Waals surface area contributed by atoms with Gasteiger partial charge in [0.1, 0.15) is 4.83 Å². The summed E-state index contributed by atoms with van der Waals surface area (Å²) >= 11 is 7.12. The molecule has 104 valence electrons. The van der Waals surface area contributed by atoms with E-state index in [1.54, 1.807) is 0 Å². The average molecular weight is 389 g/mol. The van der Waals surface area contributed by atoms with E-state index in [0.29, 0.717) is 6.04 Å². The molecule has 1 aromatic rings. The van der Waals surface area contributed by atoms with Crippen LogP contribution in [0, 0.1) is 0 Å². The van der Waals surface area contributed by atoms with E-state index in [1.165, 1.54) is 19.3 Å². The molecule has 2 rings (SSSR count). The van der Waals surface area contributed by atoms with Gasteiger partial charge in [0.15, 0.2) is 0 Å². The fourth-order valence-corrected chi connectivity index (χ4v) is 3.45. The first-order chi connectivity index (χ1) is 9.18. The van der Waals surface area contributed by atoms with Crippen LogP contribution in [0.2, 0.25) is 0 Å². The van der Waals surface area contributed by atoms with Crippen LogP contribution in [-0.2, 0) is 4.79 Å². The van der Waals surface area contributed by atoms with Crippen molar-refractivity contribution in [3.63, 3.8) is 0 Å². The zero-order valence-electron chi connectivity index (χ0n) is 10.8. The van der Waals surface area contributed by atoms with Crippen LogP contribution in [0.15, 0.2) is 30.3 Å². The van der Waals surface area contributed by atoms with E-state index in [0.717, 1.165) is 18.4 Å². The number of carbonyl (C=O) groups excluding carboxylic acids is 1. The normalized spacial score (nSPS) is 19.7. The number of hydrogen-bond acceptors (Lipinski definition) is 1. The Bertz CT molecular complexity index is 404. The highest BCUT2D eigenvalue weighted by atomic mass is 79.9. The Morgan fingerprint density at radius 3 is 2.37 bits per heavy atom. The molecule has 0 aromatic heterocycles. The van der Waals surface area contributed by atoms with Crippen molar-refractivity contribution >= 4 is 37.8 Å². The fourth-order valence-electron chi connectivity index (χ4n) is 2.47. The predicted octanol–water partition coefficient (Wildman–Crippen LogP) is 4.34. The van der Waals surface area contributed by atoms with Crippen LogP contribution >= 0.6 is 31.9 Å². The van der Waals surface area contributed by atoms with Crippen LogP contribution in [0.4, 0.5) is 0 Å². The molecule has 4 heteroatoms. The van der Waals surface area contributed by atoms with Gasteiger partial charge in [-0.1, -0.05) is 81.5 Å². The topological polar surface area (TPSA) is 29.1 Å². The molecule has 0 aliphatic heterocycles. The zero-order chi connectivity index (χ0) is 13.7. The maximum absolute atomic E-state index is 12.2. The van der Waals surface area contributed by atoms with Crippen molar-refractivity contribution in [2.45, 2.75) is 47.8 Å². The molecule has 1 saturated carbocycles. The Balaban J connectivity index is 1.91. The molecular formula is C15H19Br2NO. The Kier molecular flexibility index (Phi) is 5.89. The van der Waals surface area contributed by atoms with Gasteiger partial charge in [0.2, 0.25) is 5.91 Å². The molecule has 0 heterocycles. The van der Waals surface area contributed by atoms with Crippen molar-refractivity contribution in [1.29, 1.82) is 0 Å². The number of halogens is 2. The molecule has 0 saturated heterocycles. The van der Waals surface area contributed by atoms with Gasteiger partial charge in [0.05, 0.1) is 4.83 Å². The van der Waals surface area contributed by atoms with E-state index in [-0.39, 0.29) is 15.6 Å². The summed E-state index contributed by atoms with van der Waals surface area (Å²) in [7, 11) is 0. The Labute approximate surface area is 131 Å². The molecule has 1 aliphatic rings. The third-order valence-corrected chi connectivity index (χ3v) is 6.29. The fraction of sp³-hybridized carbons (Fsp3) is 0.533. The number of benzene rings is 1. The quantitative estimate of drug-likeness (QED) is 0.764. The molecule has 0 spiro atoms. The van der Waals surface area contributed by atoms with E-state index < -0.39 is 0 Å². The minimum atomic E-state index is -0.239. The second kappa shape index (κ2) is 7.44. The second-order valence-electron chi connectivity index (χ2n) is 5.06. The Hall–Kier alpha value is -0.350. The summed E-state index contributed by atoms with van der Waals surface area (Å²) in [5, 5.41) is 3.15. The van der Waals surface area contributed by atoms with Crippen LogP contribution < -0.4 is 5.32 Å². The van der Waals surface area contributed by atoms with Gasteiger partial charge in [-0.3, -0.25) is 4.79 Å². The van der Waals surface area contributed by atoms with Gasteiger partial charge in [0.25, 0.3) is 0 Å². The number of hydrogen-bond donors (Lipinski definition) is 1. The average Bonchev–Trinajstić information content (AvgIpc) is 2.47. The zero-order valence-corrected chi connectivity index (χ0v) is 14.0. The summed E-state index contributed by atoms with van der Waals surface area (Å²) in [6.07, 6.45) is 5.99. The summed E-state index contributed by atoms with van der Waals surface area (Å²) in [4.78, 5) is 12.0. The number of amides is 1. The summed E-state index contributed by atoms with van der Waals surface area (Å²) < 4.78 is 0. The summed E-state index contributed by atoms with van der Waals surface area (Å²) in [5.41, 5.74) is 1.11. The van der Waals surface area contributed by atoms with Gasteiger partial charge in [-0.2, -0.15) is 0 Å². The molecule has 1 N–H and O–H groups in total. The Morgan fingerprint density at radius 1 is 1.11 bits per heavy atom. The first-order valence-electron chi connectivity index (χ1n) is 6.82. The van der Waals surface area contributed by atoms with Crippen molar-refractivity contribution in [3.05, 3.63) is 35.9 Å². The summed E-state index contributed by atoms with van der Waals surface area (Å²) in [6.45, 7) is 0. The van der Waals surface area contributed by atoms with Gasteiger partial charge < -0.3 is 5.32 Å². The lowest BCUT2D eigenvalue weighted by molar-refractivity contribution is -0.121. The number of rotatable bonds is 4. The molecule has 1 amide bonds. The first kappa shape index (κ1) is 15.0. The van der Waals surface area contributed by atoms with Crippen LogP contribution in [0.3, 0.4) is 0 Å². The summed E-state index contributed by atoms with van der Waals surface area (Å²) in [6, 6.07) is 10.4. The van der Waals surface area contributed by atoms with E-state index in [9.17, 15) is 4.79 Å². The third kappa shape index (κ3) is 4.32. The molecule has 1 aliphatic carbocycles. The number of nitrogens with one attached hydrogen (secondary N) is 1. The van der Waals surface area contributed by atoms with Crippen LogP contribution in [0.25, 0.3) is 0 Å². The standard InChI is InChI=1S/C15H19Br2NO/c16-13(11-7-3-1-4-8-11)14(17)15(19)18-12-9-5-2-6-10-12/h1,3-4,7-8,12-14H,2,5-6,9-10H2,(H,18,19). The van der Waals surface area contributed by atoms with Gasteiger partial charge in [-0.25, -0.2) is 0 Å². The third-order valence-electron chi connectivity index (χ3n) is 3.58.